The van der Waals surface area contributed by atoms with Crippen molar-refractivity contribution >= 4 is 12.1 Å². The lowest BCUT2D eigenvalue weighted by Gasteiger charge is -1.94. The summed E-state index contributed by atoms with van der Waals surface area (Å²) in [6.45, 7) is 1.94. The fourth-order valence-corrected chi connectivity index (χ4v) is 0.562. The lowest BCUT2D eigenvalue weighted by Crippen LogP contribution is -2.15. The van der Waals surface area contributed by atoms with Crippen LogP contribution >= 0.6 is 0 Å². The molecular formula is C7H12N2O. The van der Waals surface area contributed by atoms with Gasteiger partial charge in [0.15, 0.2) is 6.29 Å². The van der Waals surface area contributed by atoms with Gasteiger partial charge in [-0.25, -0.2) is 0 Å². The highest BCUT2D eigenvalue weighted by molar-refractivity contribution is 6.12. The molecule has 0 aromatic heterocycles. The molecule has 0 saturated heterocycles. The van der Waals surface area contributed by atoms with Gasteiger partial charge in [-0.1, -0.05) is 13.0 Å². The Bertz CT molecular complexity index is 170. The van der Waals surface area contributed by atoms with Crippen LogP contribution in [0.3, 0.4) is 0 Å². The van der Waals surface area contributed by atoms with Gasteiger partial charge in [-0.3, -0.25) is 9.79 Å². The van der Waals surface area contributed by atoms with Gasteiger partial charge in [0.1, 0.15) is 5.84 Å². The predicted octanol–water partition coefficient (Wildman–Crippen LogP) is 0.509. The maximum atomic E-state index is 10.3. The minimum atomic E-state index is 0.303. The molecule has 0 unspecified atom stereocenters. The average molecular weight is 140 g/mol. The number of nitrogens with zero attached hydrogens (tertiary/aromatic N) is 1. The van der Waals surface area contributed by atoms with E-state index in [-0.39, 0.29) is 0 Å². The molecule has 2 N–H and O–H groups in total. The van der Waals surface area contributed by atoms with Crippen molar-refractivity contribution in [3.8, 4) is 0 Å². The lowest BCUT2D eigenvalue weighted by atomic mass is 10.2. The molecule has 0 heterocycles. The molecule has 0 aromatic carbocycles. The summed E-state index contributed by atoms with van der Waals surface area (Å²) in [5.74, 6) is 0.303. The SMILES string of the molecule is CC/C=C(/C=O)C(N)=NC. The van der Waals surface area contributed by atoms with E-state index >= 15 is 0 Å². The Labute approximate surface area is 60.6 Å². The molecular weight excluding hydrogens is 128 g/mol. The minimum absolute atomic E-state index is 0.303. The highest BCUT2D eigenvalue weighted by Gasteiger charge is 1.96. The van der Waals surface area contributed by atoms with Crippen LogP contribution in [0.4, 0.5) is 0 Å². The molecule has 0 saturated carbocycles. The third-order valence-corrected chi connectivity index (χ3v) is 1.09. The number of carbonyl (C=O) groups is 1. The maximum absolute atomic E-state index is 10.3. The zero-order chi connectivity index (χ0) is 7.98. The van der Waals surface area contributed by atoms with Crippen molar-refractivity contribution in [2.75, 3.05) is 7.05 Å². The van der Waals surface area contributed by atoms with E-state index in [2.05, 4.69) is 4.99 Å². The van der Waals surface area contributed by atoms with Crippen molar-refractivity contribution in [1.29, 1.82) is 0 Å². The molecule has 0 rings (SSSR count). The van der Waals surface area contributed by atoms with Crippen LogP contribution in [0.15, 0.2) is 16.6 Å². The van der Waals surface area contributed by atoms with Crippen LogP contribution in [0.2, 0.25) is 0 Å². The fraction of sp³-hybridized carbons (Fsp3) is 0.429. The molecule has 3 heteroatoms. The first-order valence-corrected chi connectivity index (χ1v) is 3.14. The molecule has 10 heavy (non-hydrogen) atoms. The molecule has 56 valence electrons. The van der Waals surface area contributed by atoms with Crippen LogP contribution in [0.25, 0.3) is 0 Å². The average Bonchev–Trinajstić information content (AvgIpc) is 1.99. The number of rotatable bonds is 3. The van der Waals surface area contributed by atoms with E-state index in [1.165, 1.54) is 0 Å². The first kappa shape index (κ1) is 8.88. The molecule has 0 aliphatic rings. The molecule has 0 spiro atoms. The van der Waals surface area contributed by atoms with E-state index in [9.17, 15) is 4.79 Å². The van der Waals surface area contributed by atoms with Crippen LogP contribution in [-0.4, -0.2) is 19.2 Å². The third kappa shape index (κ3) is 2.44. The molecule has 3 nitrogen and oxygen atoms in total. The highest BCUT2D eigenvalue weighted by atomic mass is 16.1. The van der Waals surface area contributed by atoms with Crippen molar-refractivity contribution in [2.24, 2.45) is 10.7 Å². The van der Waals surface area contributed by atoms with E-state index in [4.69, 9.17) is 5.73 Å². The lowest BCUT2D eigenvalue weighted by molar-refractivity contribution is -0.104. The maximum Gasteiger partial charge on any atom is 0.153 e. The molecule has 0 bridgehead atoms. The van der Waals surface area contributed by atoms with Gasteiger partial charge in [-0.05, 0) is 6.42 Å². The van der Waals surface area contributed by atoms with Gasteiger partial charge < -0.3 is 5.73 Å². The molecule has 0 aliphatic heterocycles. The van der Waals surface area contributed by atoms with Gasteiger partial charge in [-0.15, -0.1) is 0 Å². The van der Waals surface area contributed by atoms with Crippen molar-refractivity contribution in [1.82, 2.24) is 0 Å². The summed E-state index contributed by atoms with van der Waals surface area (Å²) < 4.78 is 0. The molecule has 0 fully saturated rings. The monoisotopic (exact) mass is 140 g/mol. The van der Waals surface area contributed by atoms with Crippen LogP contribution in [0, 0.1) is 0 Å². The summed E-state index contributed by atoms with van der Waals surface area (Å²) >= 11 is 0. The van der Waals surface area contributed by atoms with Crippen molar-refractivity contribution in [2.45, 2.75) is 13.3 Å². The third-order valence-electron chi connectivity index (χ3n) is 1.09. The van der Waals surface area contributed by atoms with Crippen LogP contribution in [-0.2, 0) is 4.79 Å². The molecule has 0 radical (unpaired) electrons. The normalized spacial score (nSPS) is 13.4. The second kappa shape index (κ2) is 4.73. The molecule has 0 aliphatic carbocycles. The van der Waals surface area contributed by atoms with E-state index < -0.39 is 0 Å². The van der Waals surface area contributed by atoms with E-state index in [1.54, 1.807) is 13.1 Å². The quantitative estimate of drug-likeness (QED) is 0.269. The summed E-state index contributed by atoms with van der Waals surface area (Å²) in [5.41, 5.74) is 5.84. The second-order valence-electron chi connectivity index (χ2n) is 1.79. The summed E-state index contributed by atoms with van der Waals surface area (Å²) in [4.78, 5) is 13.9. The summed E-state index contributed by atoms with van der Waals surface area (Å²) in [5, 5.41) is 0. The Morgan fingerprint density at radius 3 is 2.60 bits per heavy atom. The van der Waals surface area contributed by atoms with Gasteiger partial charge in [-0.2, -0.15) is 0 Å². The number of nitrogens with two attached hydrogens (primary N) is 1. The van der Waals surface area contributed by atoms with Crippen LogP contribution < -0.4 is 5.73 Å². The topological polar surface area (TPSA) is 55.5 Å². The number of hydrogen-bond donors (Lipinski definition) is 1. The van der Waals surface area contributed by atoms with Crippen LogP contribution in [0.1, 0.15) is 13.3 Å². The van der Waals surface area contributed by atoms with Crippen molar-refractivity contribution in [3.63, 3.8) is 0 Å². The first-order valence-electron chi connectivity index (χ1n) is 3.14. The second-order valence-corrected chi connectivity index (χ2v) is 1.79. The Kier molecular flexibility index (Phi) is 4.20. The Hall–Kier alpha value is -1.12. The minimum Gasteiger partial charge on any atom is -0.383 e. The van der Waals surface area contributed by atoms with E-state index in [0.717, 1.165) is 6.42 Å². The number of allylic oxidation sites excluding steroid dienone is 1. The Balaban J connectivity index is 4.35. The first-order chi connectivity index (χ1) is 4.76. The molecule has 0 aromatic rings. The summed E-state index contributed by atoms with van der Waals surface area (Å²) in [6.07, 6.45) is 3.26. The number of aldehydes is 1. The zero-order valence-electron chi connectivity index (χ0n) is 6.29. The van der Waals surface area contributed by atoms with E-state index in [1.807, 2.05) is 6.92 Å². The van der Waals surface area contributed by atoms with Gasteiger partial charge in [0.05, 0.1) is 5.57 Å². The van der Waals surface area contributed by atoms with Crippen LogP contribution in [0.5, 0.6) is 0 Å². The number of hydrogen-bond acceptors (Lipinski definition) is 2. The van der Waals surface area contributed by atoms with Gasteiger partial charge >= 0.3 is 0 Å². The predicted molar refractivity (Wildman–Crippen MR) is 42.0 cm³/mol. The largest absolute Gasteiger partial charge is 0.383 e. The number of aliphatic imine (C=N–C) groups is 1. The fourth-order valence-electron chi connectivity index (χ4n) is 0.562. The highest BCUT2D eigenvalue weighted by Crippen LogP contribution is 1.91. The number of carbonyl (C=O) groups excluding carboxylic acids is 1. The van der Waals surface area contributed by atoms with Gasteiger partial charge in [0.2, 0.25) is 0 Å². The Morgan fingerprint density at radius 1 is 1.70 bits per heavy atom. The molecule has 0 atom stereocenters. The summed E-state index contributed by atoms with van der Waals surface area (Å²) in [7, 11) is 1.56. The van der Waals surface area contributed by atoms with Gasteiger partial charge in [0, 0.05) is 7.05 Å². The van der Waals surface area contributed by atoms with Crippen molar-refractivity contribution in [3.05, 3.63) is 11.6 Å². The van der Waals surface area contributed by atoms with Crippen molar-refractivity contribution < 1.29 is 4.79 Å². The molecule has 0 amide bonds. The van der Waals surface area contributed by atoms with Gasteiger partial charge in [0.25, 0.3) is 0 Å². The Morgan fingerprint density at radius 2 is 2.30 bits per heavy atom. The smallest absolute Gasteiger partial charge is 0.153 e. The standard InChI is InChI=1S/C7H12N2O/c1-3-4-6(5-10)7(8)9-2/h4-5H,3H2,1-2H3,(H2,8,9)/b6-4-. The van der Waals surface area contributed by atoms with E-state index in [0.29, 0.717) is 17.7 Å². The number of amidine groups is 1. The zero-order valence-corrected chi connectivity index (χ0v) is 6.29. The summed E-state index contributed by atoms with van der Waals surface area (Å²) in [6, 6.07) is 0.